The summed E-state index contributed by atoms with van der Waals surface area (Å²) >= 11 is 3.43. The van der Waals surface area contributed by atoms with Crippen molar-refractivity contribution < 1.29 is 4.79 Å². The van der Waals surface area contributed by atoms with Gasteiger partial charge in [0.05, 0.1) is 0 Å². The highest BCUT2D eigenvalue weighted by Crippen LogP contribution is 2.24. The standard InChI is InChI=1S/C11H16BrN3O/c1-7-2-3-9(12)10(4-7)15-8(6-13)5-11(14)16/h2-4,8,15H,5-6,13H2,1H3,(H2,14,16). The quantitative estimate of drug-likeness (QED) is 0.764. The predicted molar refractivity (Wildman–Crippen MR) is 69.2 cm³/mol. The molecule has 5 N–H and O–H groups in total. The van der Waals surface area contributed by atoms with E-state index in [-0.39, 0.29) is 18.4 Å². The number of hydrogen-bond acceptors (Lipinski definition) is 3. The molecule has 0 heterocycles. The van der Waals surface area contributed by atoms with Crippen molar-refractivity contribution in [2.45, 2.75) is 19.4 Å². The minimum Gasteiger partial charge on any atom is -0.380 e. The molecule has 0 radical (unpaired) electrons. The molecule has 1 aromatic rings. The number of anilines is 1. The topological polar surface area (TPSA) is 81.1 Å². The zero-order chi connectivity index (χ0) is 12.1. The molecule has 88 valence electrons. The third kappa shape index (κ3) is 3.83. The number of halogens is 1. The van der Waals surface area contributed by atoms with Gasteiger partial charge >= 0.3 is 0 Å². The van der Waals surface area contributed by atoms with Gasteiger partial charge in [-0.15, -0.1) is 0 Å². The average Bonchev–Trinajstić information content (AvgIpc) is 2.21. The normalized spacial score (nSPS) is 12.2. The number of carbonyl (C=O) groups excluding carboxylic acids is 1. The fourth-order valence-electron chi connectivity index (χ4n) is 1.41. The highest BCUT2D eigenvalue weighted by molar-refractivity contribution is 9.10. The molecule has 0 bridgehead atoms. The molecular formula is C11H16BrN3O. The lowest BCUT2D eigenvalue weighted by Crippen LogP contribution is -2.33. The van der Waals surface area contributed by atoms with Crippen LogP contribution in [0.5, 0.6) is 0 Å². The van der Waals surface area contributed by atoms with Crippen LogP contribution in [0.3, 0.4) is 0 Å². The summed E-state index contributed by atoms with van der Waals surface area (Å²) < 4.78 is 0.945. The number of benzene rings is 1. The summed E-state index contributed by atoms with van der Waals surface area (Å²) in [7, 11) is 0. The first-order valence-corrected chi connectivity index (χ1v) is 5.83. The van der Waals surface area contributed by atoms with Crippen molar-refractivity contribution in [1.82, 2.24) is 0 Å². The van der Waals surface area contributed by atoms with E-state index >= 15 is 0 Å². The van der Waals surface area contributed by atoms with Crippen LogP contribution in [0.25, 0.3) is 0 Å². The predicted octanol–water partition coefficient (Wildman–Crippen LogP) is 1.37. The van der Waals surface area contributed by atoms with Crippen LogP contribution >= 0.6 is 15.9 Å². The van der Waals surface area contributed by atoms with E-state index < -0.39 is 0 Å². The lowest BCUT2D eigenvalue weighted by molar-refractivity contribution is -0.118. The summed E-state index contributed by atoms with van der Waals surface area (Å²) in [6.07, 6.45) is 0.233. The van der Waals surface area contributed by atoms with Crippen LogP contribution < -0.4 is 16.8 Å². The summed E-state index contributed by atoms with van der Waals surface area (Å²) in [4.78, 5) is 10.8. The molecule has 4 nitrogen and oxygen atoms in total. The second-order valence-corrected chi connectivity index (χ2v) is 4.59. The third-order valence-corrected chi connectivity index (χ3v) is 2.91. The number of hydrogen-bond donors (Lipinski definition) is 3. The minimum absolute atomic E-state index is 0.129. The molecule has 0 aliphatic carbocycles. The van der Waals surface area contributed by atoms with Crippen LogP contribution in [0, 0.1) is 6.92 Å². The Hall–Kier alpha value is -1.07. The molecular weight excluding hydrogens is 270 g/mol. The highest BCUT2D eigenvalue weighted by Gasteiger charge is 2.11. The van der Waals surface area contributed by atoms with Crippen molar-refractivity contribution in [3.63, 3.8) is 0 Å². The lowest BCUT2D eigenvalue weighted by Gasteiger charge is -2.18. The highest BCUT2D eigenvalue weighted by atomic mass is 79.9. The zero-order valence-corrected chi connectivity index (χ0v) is 10.8. The fourth-order valence-corrected chi connectivity index (χ4v) is 1.77. The fraction of sp³-hybridized carbons (Fsp3) is 0.364. The monoisotopic (exact) mass is 285 g/mol. The van der Waals surface area contributed by atoms with Gasteiger partial charge in [0.1, 0.15) is 0 Å². The van der Waals surface area contributed by atoms with Crippen molar-refractivity contribution in [3.8, 4) is 0 Å². The Kier molecular flexibility index (Phi) is 4.76. The van der Waals surface area contributed by atoms with Gasteiger partial charge in [0.2, 0.25) is 5.91 Å². The Morgan fingerprint density at radius 1 is 1.56 bits per heavy atom. The Balaban J connectivity index is 2.77. The molecule has 5 heteroatoms. The van der Waals surface area contributed by atoms with E-state index in [0.717, 1.165) is 15.7 Å². The number of nitrogens with one attached hydrogen (secondary N) is 1. The number of amides is 1. The zero-order valence-electron chi connectivity index (χ0n) is 9.16. The molecule has 1 unspecified atom stereocenters. The summed E-state index contributed by atoms with van der Waals surface area (Å²) in [5.41, 5.74) is 12.8. The van der Waals surface area contributed by atoms with E-state index in [2.05, 4.69) is 21.2 Å². The van der Waals surface area contributed by atoms with E-state index in [1.807, 2.05) is 25.1 Å². The number of aryl methyl sites for hydroxylation is 1. The first-order valence-electron chi connectivity index (χ1n) is 5.04. The van der Waals surface area contributed by atoms with Crippen LogP contribution in [-0.2, 0) is 4.79 Å². The van der Waals surface area contributed by atoms with Crippen LogP contribution in [0.15, 0.2) is 22.7 Å². The number of carbonyl (C=O) groups is 1. The molecule has 1 amide bonds. The summed E-state index contributed by atoms with van der Waals surface area (Å²) in [6, 6.07) is 5.82. The SMILES string of the molecule is Cc1ccc(Br)c(NC(CN)CC(N)=O)c1. The molecule has 16 heavy (non-hydrogen) atoms. The molecule has 0 aromatic heterocycles. The Bertz CT molecular complexity index is 381. The van der Waals surface area contributed by atoms with Gasteiger partial charge in [0, 0.05) is 29.2 Å². The summed E-state index contributed by atoms with van der Waals surface area (Å²) in [6.45, 7) is 2.37. The first-order chi connectivity index (χ1) is 7.52. The van der Waals surface area contributed by atoms with Crippen molar-refractivity contribution in [1.29, 1.82) is 0 Å². The van der Waals surface area contributed by atoms with Gasteiger partial charge in [0.25, 0.3) is 0 Å². The van der Waals surface area contributed by atoms with Gasteiger partial charge in [-0.3, -0.25) is 4.79 Å². The van der Waals surface area contributed by atoms with Crippen LogP contribution in [0.1, 0.15) is 12.0 Å². The summed E-state index contributed by atoms with van der Waals surface area (Å²) in [5.74, 6) is -0.355. The van der Waals surface area contributed by atoms with Crippen molar-refractivity contribution in [3.05, 3.63) is 28.2 Å². The minimum atomic E-state index is -0.355. The number of nitrogens with two attached hydrogens (primary N) is 2. The van der Waals surface area contributed by atoms with Gasteiger partial charge < -0.3 is 16.8 Å². The molecule has 0 aliphatic rings. The molecule has 1 rings (SSSR count). The van der Waals surface area contributed by atoms with Crippen molar-refractivity contribution in [2.24, 2.45) is 11.5 Å². The second-order valence-electron chi connectivity index (χ2n) is 3.73. The van der Waals surface area contributed by atoms with Gasteiger partial charge in [-0.1, -0.05) is 6.07 Å². The average molecular weight is 286 g/mol. The van der Waals surface area contributed by atoms with Crippen molar-refractivity contribution in [2.75, 3.05) is 11.9 Å². The van der Waals surface area contributed by atoms with E-state index in [1.165, 1.54) is 0 Å². The first kappa shape index (κ1) is 13.0. The van der Waals surface area contributed by atoms with Crippen LogP contribution in [-0.4, -0.2) is 18.5 Å². The van der Waals surface area contributed by atoms with Gasteiger partial charge in [-0.2, -0.15) is 0 Å². The molecule has 0 aliphatic heterocycles. The van der Waals surface area contributed by atoms with Crippen molar-refractivity contribution >= 4 is 27.5 Å². The maximum absolute atomic E-state index is 10.8. The molecule has 0 fully saturated rings. The van der Waals surface area contributed by atoms with Crippen LogP contribution in [0.2, 0.25) is 0 Å². The number of rotatable bonds is 5. The van der Waals surface area contributed by atoms with E-state index in [9.17, 15) is 4.79 Å². The molecule has 1 atom stereocenters. The molecule has 0 spiro atoms. The maximum atomic E-state index is 10.8. The van der Waals surface area contributed by atoms with E-state index in [0.29, 0.717) is 6.54 Å². The molecule has 0 saturated carbocycles. The maximum Gasteiger partial charge on any atom is 0.219 e. The van der Waals surface area contributed by atoms with E-state index in [4.69, 9.17) is 11.5 Å². The molecule has 0 saturated heterocycles. The lowest BCUT2D eigenvalue weighted by atomic mass is 10.1. The summed E-state index contributed by atoms with van der Waals surface area (Å²) in [5, 5.41) is 3.20. The second kappa shape index (κ2) is 5.86. The smallest absolute Gasteiger partial charge is 0.219 e. The van der Waals surface area contributed by atoms with Gasteiger partial charge in [-0.25, -0.2) is 0 Å². The van der Waals surface area contributed by atoms with Crippen LogP contribution in [0.4, 0.5) is 5.69 Å². The van der Waals surface area contributed by atoms with Gasteiger partial charge in [-0.05, 0) is 40.5 Å². The number of primary amides is 1. The Labute approximate surface area is 104 Å². The third-order valence-electron chi connectivity index (χ3n) is 2.21. The van der Waals surface area contributed by atoms with Gasteiger partial charge in [0.15, 0.2) is 0 Å². The Morgan fingerprint density at radius 3 is 2.81 bits per heavy atom. The largest absolute Gasteiger partial charge is 0.380 e. The van der Waals surface area contributed by atoms with E-state index in [1.54, 1.807) is 0 Å². The molecule has 1 aromatic carbocycles. The Morgan fingerprint density at radius 2 is 2.25 bits per heavy atom.